The van der Waals surface area contributed by atoms with Crippen LogP contribution in [0, 0.1) is 27.2 Å². The predicted octanol–water partition coefficient (Wildman–Crippen LogP) is 2.87. The van der Waals surface area contributed by atoms with Gasteiger partial charge in [0, 0.05) is 25.2 Å². The van der Waals surface area contributed by atoms with Crippen LogP contribution >= 0.6 is 0 Å². The van der Waals surface area contributed by atoms with Crippen molar-refractivity contribution in [3.8, 4) is 0 Å². The Morgan fingerprint density at radius 1 is 1.35 bits per heavy atom. The molecule has 0 atom stereocenters. The van der Waals surface area contributed by atoms with Gasteiger partial charge in [-0.2, -0.15) is 4.39 Å². The van der Waals surface area contributed by atoms with Crippen molar-refractivity contribution in [2.24, 2.45) is 5.41 Å². The normalized spacial score (nSPS) is 11.8. The second kappa shape index (κ2) is 6.13. The number of nitro groups is 1. The molecule has 0 spiro atoms. The number of rotatable bonds is 6. The van der Waals surface area contributed by atoms with E-state index in [2.05, 4.69) is 5.32 Å². The van der Waals surface area contributed by atoms with Crippen molar-refractivity contribution in [1.82, 2.24) is 4.90 Å². The molecule has 1 N–H and O–H groups in total. The molecule has 0 heterocycles. The Balaban J connectivity index is 2.95. The van der Waals surface area contributed by atoms with Gasteiger partial charge >= 0.3 is 5.69 Å². The highest BCUT2D eigenvalue weighted by atomic mass is 19.1. The first-order valence-electron chi connectivity index (χ1n) is 6.14. The van der Waals surface area contributed by atoms with E-state index < -0.39 is 22.2 Å². The van der Waals surface area contributed by atoms with Crippen LogP contribution < -0.4 is 5.32 Å². The highest BCUT2D eigenvalue weighted by Gasteiger charge is 2.25. The zero-order valence-electron chi connectivity index (χ0n) is 12.0. The minimum absolute atomic E-state index is 0.140. The molecule has 0 radical (unpaired) electrons. The number of benzene rings is 1. The van der Waals surface area contributed by atoms with E-state index in [1.165, 1.54) is 0 Å². The number of hydrogen-bond acceptors (Lipinski definition) is 4. The van der Waals surface area contributed by atoms with E-state index in [4.69, 9.17) is 0 Å². The molecule has 20 heavy (non-hydrogen) atoms. The maximum absolute atomic E-state index is 13.5. The van der Waals surface area contributed by atoms with Crippen LogP contribution in [0.5, 0.6) is 0 Å². The number of nitrogens with zero attached hydrogens (tertiary/aromatic N) is 2. The van der Waals surface area contributed by atoms with E-state index in [1.54, 1.807) is 0 Å². The largest absolute Gasteiger partial charge is 0.379 e. The van der Waals surface area contributed by atoms with Crippen LogP contribution in [-0.2, 0) is 0 Å². The Hall–Kier alpha value is -1.76. The maximum atomic E-state index is 13.5. The van der Waals surface area contributed by atoms with E-state index in [0.29, 0.717) is 12.6 Å². The van der Waals surface area contributed by atoms with Gasteiger partial charge in [0.15, 0.2) is 0 Å². The first-order chi connectivity index (χ1) is 9.12. The Kier molecular flexibility index (Phi) is 4.99. The molecule has 112 valence electrons. The summed E-state index contributed by atoms with van der Waals surface area (Å²) < 4.78 is 26.7. The van der Waals surface area contributed by atoms with Gasteiger partial charge in [0.05, 0.1) is 4.92 Å². The van der Waals surface area contributed by atoms with Crippen LogP contribution in [0.25, 0.3) is 0 Å². The Morgan fingerprint density at radius 2 is 1.95 bits per heavy atom. The van der Waals surface area contributed by atoms with E-state index in [1.807, 2.05) is 32.8 Å². The second-order valence-electron chi connectivity index (χ2n) is 5.80. The van der Waals surface area contributed by atoms with Gasteiger partial charge < -0.3 is 10.2 Å². The smallest absolute Gasteiger partial charge is 0.327 e. The van der Waals surface area contributed by atoms with Crippen molar-refractivity contribution in [3.05, 3.63) is 33.9 Å². The minimum Gasteiger partial charge on any atom is -0.379 e. The fourth-order valence-electron chi connectivity index (χ4n) is 2.13. The second-order valence-corrected chi connectivity index (χ2v) is 5.80. The highest BCUT2D eigenvalue weighted by Crippen LogP contribution is 2.30. The molecule has 0 aliphatic carbocycles. The van der Waals surface area contributed by atoms with E-state index in [-0.39, 0.29) is 11.1 Å². The number of hydrogen-bond donors (Lipinski definition) is 1. The maximum Gasteiger partial charge on any atom is 0.327 e. The SMILES string of the molecule is CN(C)CC(C)(C)CNc1cc(F)cc(F)c1[N+](=O)[O-]. The van der Waals surface area contributed by atoms with Crippen molar-refractivity contribution in [3.63, 3.8) is 0 Å². The summed E-state index contributed by atoms with van der Waals surface area (Å²) in [6, 6.07) is 1.45. The summed E-state index contributed by atoms with van der Waals surface area (Å²) in [6.07, 6.45) is 0. The molecule has 0 bridgehead atoms. The Labute approximate surface area is 116 Å². The zero-order chi connectivity index (χ0) is 15.5. The quantitative estimate of drug-likeness (QED) is 0.645. The van der Waals surface area contributed by atoms with Crippen LogP contribution in [0.2, 0.25) is 0 Å². The van der Waals surface area contributed by atoms with Gasteiger partial charge in [0.1, 0.15) is 11.5 Å². The highest BCUT2D eigenvalue weighted by molar-refractivity contribution is 5.62. The van der Waals surface area contributed by atoms with Gasteiger partial charge in [0.2, 0.25) is 5.82 Å². The van der Waals surface area contributed by atoms with Crippen LogP contribution in [0.1, 0.15) is 13.8 Å². The van der Waals surface area contributed by atoms with Gasteiger partial charge in [-0.25, -0.2) is 4.39 Å². The first kappa shape index (κ1) is 16.3. The molecule has 0 fully saturated rings. The Bertz CT molecular complexity index is 505. The Morgan fingerprint density at radius 3 is 2.45 bits per heavy atom. The molecule has 0 aromatic heterocycles. The monoisotopic (exact) mass is 287 g/mol. The third-order valence-corrected chi connectivity index (χ3v) is 2.71. The zero-order valence-corrected chi connectivity index (χ0v) is 12.0. The number of nitro benzene ring substituents is 1. The van der Waals surface area contributed by atoms with Gasteiger partial charge in [-0.05, 0) is 19.5 Å². The fraction of sp³-hybridized carbons (Fsp3) is 0.538. The van der Waals surface area contributed by atoms with Crippen LogP contribution in [0.3, 0.4) is 0 Å². The number of anilines is 1. The van der Waals surface area contributed by atoms with E-state index in [9.17, 15) is 18.9 Å². The summed E-state index contributed by atoms with van der Waals surface area (Å²) in [4.78, 5) is 12.0. The molecule has 0 aliphatic heterocycles. The van der Waals surface area contributed by atoms with Gasteiger partial charge in [-0.15, -0.1) is 0 Å². The minimum atomic E-state index is -1.18. The lowest BCUT2D eigenvalue weighted by atomic mass is 9.93. The van der Waals surface area contributed by atoms with Crippen molar-refractivity contribution in [1.29, 1.82) is 0 Å². The summed E-state index contributed by atoms with van der Waals surface area (Å²) in [5, 5.41) is 13.6. The van der Waals surface area contributed by atoms with Gasteiger partial charge in [0.25, 0.3) is 0 Å². The standard InChI is InChI=1S/C13H19F2N3O2/c1-13(2,8-17(3)4)7-16-11-6-9(14)5-10(15)12(11)18(19)20/h5-6,16H,7-8H2,1-4H3. The summed E-state index contributed by atoms with van der Waals surface area (Å²) in [5.74, 6) is -2.02. The molecule has 0 saturated carbocycles. The molecule has 5 nitrogen and oxygen atoms in total. The van der Waals surface area contributed by atoms with Gasteiger partial charge in [-0.1, -0.05) is 13.8 Å². The lowest BCUT2D eigenvalue weighted by Gasteiger charge is -2.28. The molecule has 0 saturated heterocycles. The van der Waals surface area contributed by atoms with Gasteiger partial charge in [-0.3, -0.25) is 10.1 Å². The van der Waals surface area contributed by atoms with Crippen LogP contribution in [0.15, 0.2) is 12.1 Å². The molecule has 1 aromatic rings. The van der Waals surface area contributed by atoms with Crippen molar-refractivity contribution < 1.29 is 13.7 Å². The topological polar surface area (TPSA) is 58.4 Å². The molecule has 1 aromatic carbocycles. The van der Waals surface area contributed by atoms with Crippen LogP contribution in [-0.4, -0.2) is 37.0 Å². The van der Waals surface area contributed by atoms with Crippen LogP contribution in [0.4, 0.5) is 20.2 Å². The average molecular weight is 287 g/mol. The predicted molar refractivity (Wildman–Crippen MR) is 73.8 cm³/mol. The number of nitrogens with one attached hydrogen (secondary N) is 1. The lowest BCUT2D eigenvalue weighted by Crippen LogP contribution is -2.34. The first-order valence-corrected chi connectivity index (χ1v) is 6.14. The average Bonchev–Trinajstić information content (AvgIpc) is 2.22. The van der Waals surface area contributed by atoms with E-state index >= 15 is 0 Å². The number of halogens is 2. The molecule has 0 aliphatic rings. The molecule has 1 rings (SSSR count). The molecular formula is C13H19F2N3O2. The molecular weight excluding hydrogens is 268 g/mol. The lowest BCUT2D eigenvalue weighted by molar-refractivity contribution is -0.386. The third-order valence-electron chi connectivity index (χ3n) is 2.71. The summed E-state index contributed by atoms with van der Waals surface area (Å²) in [7, 11) is 3.82. The summed E-state index contributed by atoms with van der Waals surface area (Å²) in [5.41, 5.74) is -1.08. The van der Waals surface area contributed by atoms with E-state index in [0.717, 1.165) is 12.6 Å². The van der Waals surface area contributed by atoms with Crippen molar-refractivity contribution in [2.75, 3.05) is 32.5 Å². The summed E-state index contributed by atoms with van der Waals surface area (Å²) in [6.45, 7) is 5.00. The summed E-state index contributed by atoms with van der Waals surface area (Å²) >= 11 is 0. The van der Waals surface area contributed by atoms with Crippen molar-refractivity contribution >= 4 is 11.4 Å². The fourth-order valence-corrected chi connectivity index (χ4v) is 2.13. The third kappa shape index (κ3) is 4.41. The van der Waals surface area contributed by atoms with Crippen molar-refractivity contribution in [2.45, 2.75) is 13.8 Å². The molecule has 7 heteroatoms. The molecule has 0 amide bonds. The molecule has 0 unspecified atom stereocenters.